The second-order valence-electron chi connectivity index (χ2n) is 10.1. The second-order valence-corrected chi connectivity index (χ2v) is 13.0. The van der Waals surface area contributed by atoms with Crippen molar-refractivity contribution in [3.63, 3.8) is 0 Å². The van der Waals surface area contributed by atoms with Crippen LogP contribution in [-0.4, -0.2) is 47.7 Å². The molecule has 2 aromatic rings. The molecule has 0 spiro atoms. The molecule has 0 radical (unpaired) electrons. The molecule has 0 aromatic heterocycles. The van der Waals surface area contributed by atoms with Crippen LogP contribution in [0.1, 0.15) is 47.2 Å². The highest BCUT2D eigenvalue weighted by molar-refractivity contribution is 6.65. The Hall–Kier alpha value is -2.52. The fourth-order valence-electron chi connectivity index (χ4n) is 5.47. The van der Waals surface area contributed by atoms with E-state index in [0.717, 1.165) is 44.8 Å². The second kappa shape index (κ2) is 9.50. The van der Waals surface area contributed by atoms with Crippen molar-refractivity contribution in [2.45, 2.75) is 61.2 Å². The summed E-state index contributed by atoms with van der Waals surface area (Å²) in [5, 5.41) is 0. The minimum Gasteiger partial charge on any atom is -0.375 e. The monoisotopic (exact) mass is 498 g/mol. The van der Waals surface area contributed by atoms with Crippen molar-refractivity contribution >= 4 is 32.0 Å². The standard InChI is InChI=1S/C27H38N2O5Si/c1-16-12-18(3)22(19(4)13-16)28-24(30)27(7,8)25(31)29(26(28)35(32-9,33-10)34-11)23-20(5)14-17(2)15-21(23)6/h12-15,26H,1-11H3. The van der Waals surface area contributed by atoms with Crippen LogP contribution in [0.2, 0.25) is 0 Å². The summed E-state index contributed by atoms with van der Waals surface area (Å²) in [6.07, 6.45) is 0. The van der Waals surface area contributed by atoms with Crippen LogP contribution in [0, 0.1) is 47.0 Å². The van der Waals surface area contributed by atoms with Gasteiger partial charge < -0.3 is 13.3 Å². The van der Waals surface area contributed by atoms with Crippen molar-refractivity contribution in [2.75, 3.05) is 31.1 Å². The van der Waals surface area contributed by atoms with E-state index in [9.17, 15) is 9.59 Å². The van der Waals surface area contributed by atoms with E-state index in [4.69, 9.17) is 13.3 Å². The van der Waals surface area contributed by atoms with E-state index in [1.54, 1.807) is 23.6 Å². The summed E-state index contributed by atoms with van der Waals surface area (Å²) in [6.45, 7) is 15.3. The van der Waals surface area contributed by atoms with Gasteiger partial charge in [-0.15, -0.1) is 0 Å². The van der Waals surface area contributed by atoms with Gasteiger partial charge in [0.05, 0.1) is 11.4 Å². The molecule has 0 bridgehead atoms. The highest BCUT2D eigenvalue weighted by Crippen LogP contribution is 2.44. The zero-order chi connectivity index (χ0) is 26.5. The van der Waals surface area contributed by atoms with Crippen LogP contribution in [-0.2, 0) is 22.9 Å². The Balaban J connectivity index is 2.49. The first-order valence-electron chi connectivity index (χ1n) is 11.8. The first kappa shape index (κ1) is 27.1. The molecule has 35 heavy (non-hydrogen) atoms. The van der Waals surface area contributed by atoms with Gasteiger partial charge >= 0.3 is 8.80 Å². The Bertz CT molecular complexity index is 1040. The number of hydrogen-bond donors (Lipinski definition) is 0. The zero-order valence-electron chi connectivity index (χ0n) is 22.8. The van der Waals surface area contributed by atoms with E-state index in [1.807, 2.05) is 65.8 Å². The number of amides is 2. The Labute approximate surface area is 210 Å². The van der Waals surface area contributed by atoms with Crippen LogP contribution < -0.4 is 9.80 Å². The SMILES string of the molecule is CO[Si](OC)(OC)C1N(c2c(C)cc(C)cc2C)C(=O)C(C)(C)C(=O)N1c1c(C)cc(C)cc1C. The summed E-state index contributed by atoms with van der Waals surface area (Å²) >= 11 is 0. The van der Waals surface area contributed by atoms with Gasteiger partial charge in [-0.3, -0.25) is 19.4 Å². The van der Waals surface area contributed by atoms with E-state index in [0.29, 0.717) is 0 Å². The smallest absolute Gasteiger partial charge is 0.375 e. The minimum absolute atomic E-state index is 0.316. The minimum atomic E-state index is -3.66. The third-order valence-electron chi connectivity index (χ3n) is 6.92. The lowest BCUT2D eigenvalue weighted by atomic mass is 9.86. The molecule has 190 valence electrons. The normalized spacial score (nSPS) is 16.9. The number of nitrogens with zero attached hydrogens (tertiary/aromatic N) is 2. The molecular formula is C27H38N2O5Si. The molecule has 3 rings (SSSR count). The van der Waals surface area contributed by atoms with Crippen LogP contribution in [0.25, 0.3) is 0 Å². The summed E-state index contributed by atoms with van der Waals surface area (Å²) in [4.78, 5) is 31.7. The van der Waals surface area contributed by atoms with Crippen molar-refractivity contribution in [1.29, 1.82) is 0 Å². The van der Waals surface area contributed by atoms with Crippen LogP contribution in [0.15, 0.2) is 24.3 Å². The maximum absolute atomic E-state index is 14.2. The maximum Gasteiger partial charge on any atom is 0.546 e. The average molecular weight is 499 g/mol. The van der Waals surface area contributed by atoms with E-state index < -0.39 is 20.0 Å². The molecule has 1 saturated heterocycles. The van der Waals surface area contributed by atoms with Gasteiger partial charge in [-0.05, 0) is 77.6 Å². The third kappa shape index (κ3) is 4.22. The lowest BCUT2D eigenvalue weighted by Crippen LogP contribution is -2.77. The lowest BCUT2D eigenvalue weighted by Gasteiger charge is -2.53. The number of aryl methyl sites for hydroxylation is 6. The molecule has 2 aromatic carbocycles. The number of hydrogen-bond acceptors (Lipinski definition) is 5. The van der Waals surface area contributed by atoms with Gasteiger partial charge in [-0.25, -0.2) is 0 Å². The third-order valence-corrected chi connectivity index (χ3v) is 9.77. The topological polar surface area (TPSA) is 68.3 Å². The molecular weight excluding hydrogens is 460 g/mol. The predicted molar refractivity (Wildman–Crippen MR) is 141 cm³/mol. The van der Waals surface area contributed by atoms with Crippen molar-refractivity contribution in [3.8, 4) is 0 Å². The van der Waals surface area contributed by atoms with E-state index in [2.05, 4.69) is 0 Å². The molecule has 2 amide bonds. The number of rotatable bonds is 6. The summed E-state index contributed by atoms with van der Waals surface area (Å²) in [6, 6.07) is 8.16. The Morgan fingerprint density at radius 3 is 1.20 bits per heavy atom. The molecule has 0 N–H and O–H groups in total. The molecule has 7 nitrogen and oxygen atoms in total. The first-order chi connectivity index (χ1) is 16.3. The number of carbonyl (C=O) groups excluding carboxylic acids is 2. The zero-order valence-corrected chi connectivity index (χ0v) is 23.8. The van der Waals surface area contributed by atoms with Crippen molar-refractivity contribution in [1.82, 2.24) is 0 Å². The highest BCUT2D eigenvalue weighted by Gasteiger charge is 2.64. The molecule has 1 aliphatic heterocycles. The summed E-state index contributed by atoms with van der Waals surface area (Å²) in [5.41, 5.74) is 6.04. The predicted octanol–water partition coefficient (Wildman–Crippen LogP) is 4.69. The molecule has 1 heterocycles. The molecule has 0 aliphatic carbocycles. The molecule has 0 unspecified atom stereocenters. The van der Waals surface area contributed by atoms with Gasteiger partial charge in [0, 0.05) is 21.3 Å². The molecule has 1 aliphatic rings. The lowest BCUT2D eigenvalue weighted by molar-refractivity contribution is -0.141. The Morgan fingerprint density at radius 2 is 0.943 bits per heavy atom. The number of carbonyl (C=O) groups is 2. The Morgan fingerprint density at radius 1 is 0.657 bits per heavy atom. The average Bonchev–Trinajstić information content (AvgIpc) is 2.76. The van der Waals surface area contributed by atoms with Crippen LogP contribution >= 0.6 is 0 Å². The summed E-state index contributed by atoms with van der Waals surface area (Å²) in [5.74, 6) is -1.57. The quantitative estimate of drug-likeness (QED) is 0.427. The van der Waals surface area contributed by atoms with Gasteiger partial charge in [0.1, 0.15) is 5.41 Å². The van der Waals surface area contributed by atoms with Crippen molar-refractivity contribution in [2.24, 2.45) is 5.41 Å². The van der Waals surface area contributed by atoms with E-state index in [1.165, 1.54) is 21.3 Å². The first-order valence-corrected chi connectivity index (χ1v) is 13.6. The van der Waals surface area contributed by atoms with Crippen molar-refractivity contribution in [3.05, 3.63) is 57.6 Å². The molecule has 0 atom stereocenters. The Kier molecular flexibility index (Phi) is 7.35. The van der Waals surface area contributed by atoms with Crippen LogP contribution in [0.3, 0.4) is 0 Å². The van der Waals surface area contributed by atoms with E-state index >= 15 is 0 Å². The molecule has 1 fully saturated rings. The summed E-state index contributed by atoms with van der Waals surface area (Å²) in [7, 11) is 0.861. The maximum atomic E-state index is 14.2. The summed E-state index contributed by atoms with van der Waals surface area (Å²) < 4.78 is 17.9. The van der Waals surface area contributed by atoms with Gasteiger partial charge in [0.25, 0.3) is 0 Å². The van der Waals surface area contributed by atoms with Gasteiger partial charge in [0.15, 0.2) is 5.79 Å². The van der Waals surface area contributed by atoms with E-state index in [-0.39, 0.29) is 11.8 Å². The van der Waals surface area contributed by atoms with Gasteiger partial charge in [0.2, 0.25) is 11.8 Å². The highest BCUT2D eigenvalue weighted by atomic mass is 28.4. The number of benzene rings is 2. The van der Waals surface area contributed by atoms with Crippen LogP contribution in [0.4, 0.5) is 11.4 Å². The largest absolute Gasteiger partial charge is 0.546 e. The van der Waals surface area contributed by atoms with Crippen molar-refractivity contribution < 1.29 is 22.9 Å². The molecule has 8 heteroatoms. The fourth-order valence-corrected chi connectivity index (χ4v) is 7.72. The van der Waals surface area contributed by atoms with Gasteiger partial charge in [-0.1, -0.05) is 35.4 Å². The molecule has 0 saturated carbocycles. The fraction of sp³-hybridized carbons (Fsp3) is 0.481. The van der Waals surface area contributed by atoms with Crippen LogP contribution in [0.5, 0.6) is 0 Å². The number of anilines is 2. The van der Waals surface area contributed by atoms with Gasteiger partial charge in [-0.2, -0.15) is 0 Å².